The van der Waals surface area contributed by atoms with E-state index in [1.54, 1.807) is 22.4 Å². The summed E-state index contributed by atoms with van der Waals surface area (Å²) in [5.74, 6) is 0.930. The molecule has 9 nitrogen and oxygen atoms in total. The molecule has 0 aromatic carbocycles. The smallest absolute Gasteiger partial charge is 0.276 e. The average molecular weight is 397 g/mol. The Morgan fingerprint density at radius 1 is 1.21 bits per heavy atom. The number of nitrogens with zero attached hydrogens (tertiary/aromatic N) is 7. The standard InChI is InChI=1S/C20H27N7O2/c1-20(2,3)16-12-27-17(21-16)5-6-18(23-27)29-13-14-7-9-26(10-8-14)19(28)15-11-25(4)24-22-15/h5-6,11-12,14H,7-10,13H2,1-4H3. The van der Waals surface area contributed by atoms with Crippen LogP contribution in [0, 0.1) is 5.92 Å². The quantitative estimate of drug-likeness (QED) is 0.670. The number of hydrogen-bond donors (Lipinski definition) is 0. The van der Waals surface area contributed by atoms with Crippen LogP contribution in [0.2, 0.25) is 0 Å². The number of amides is 1. The number of aryl methyl sites for hydroxylation is 1. The van der Waals surface area contributed by atoms with Gasteiger partial charge in [0.2, 0.25) is 5.88 Å². The van der Waals surface area contributed by atoms with E-state index in [1.807, 2.05) is 23.2 Å². The third-order valence-electron chi connectivity index (χ3n) is 5.25. The van der Waals surface area contributed by atoms with Gasteiger partial charge in [-0.15, -0.1) is 10.2 Å². The Morgan fingerprint density at radius 3 is 2.62 bits per heavy atom. The highest BCUT2D eigenvalue weighted by Crippen LogP contribution is 2.23. The monoisotopic (exact) mass is 397 g/mol. The number of aromatic nitrogens is 6. The number of hydrogen-bond acceptors (Lipinski definition) is 6. The summed E-state index contributed by atoms with van der Waals surface area (Å²) in [6, 6.07) is 3.79. The molecule has 1 fully saturated rings. The lowest BCUT2D eigenvalue weighted by molar-refractivity contribution is 0.0653. The van der Waals surface area contributed by atoms with E-state index >= 15 is 0 Å². The molecule has 3 aromatic rings. The molecule has 4 heterocycles. The largest absolute Gasteiger partial charge is 0.476 e. The molecule has 0 saturated carbocycles. The number of carbonyl (C=O) groups is 1. The highest BCUT2D eigenvalue weighted by atomic mass is 16.5. The third kappa shape index (κ3) is 4.23. The Kier molecular flexibility index (Phi) is 4.97. The van der Waals surface area contributed by atoms with Crippen molar-refractivity contribution < 1.29 is 9.53 Å². The summed E-state index contributed by atoms with van der Waals surface area (Å²) >= 11 is 0. The minimum absolute atomic E-state index is 0.0224. The summed E-state index contributed by atoms with van der Waals surface area (Å²) in [6.45, 7) is 8.39. The molecule has 1 amide bonds. The van der Waals surface area contributed by atoms with Gasteiger partial charge in [0.1, 0.15) is 0 Å². The second-order valence-electron chi connectivity index (χ2n) is 8.67. The lowest BCUT2D eigenvalue weighted by Crippen LogP contribution is -2.39. The van der Waals surface area contributed by atoms with Gasteiger partial charge in [-0.05, 0) is 24.8 Å². The van der Waals surface area contributed by atoms with E-state index in [0.717, 1.165) is 24.2 Å². The number of fused-ring (bicyclic) bond motifs is 1. The van der Waals surface area contributed by atoms with Crippen molar-refractivity contribution in [3.8, 4) is 5.88 Å². The molecule has 29 heavy (non-hydrogen) atoms. The number of ether oxygens (including phenoxy) is 1. The predicted molar refractivity (Wildman–Crippen MR) is 107 cm³/mol. The van der Waals surface area contributed by atoms with Crippen LogP contribution in [0.1, 0.15) is 49.8 Å². The molecule has 4 rings (SSSR count). The van der Waals surface area contributed by atoms with E-state index in [2.05, 4.69) is 41.2 Å². The van der Waals surface area contributed by atoms with Crippen LogP contribution in [-0.4, -0.2) is 60.1 Å². The molecule has 0 radical (unpaired) electrons. The first kappa shape index (κ1) is 19.4. The molecule has 1 aliphatic rings. The number of likely N-dealkylation sites (tertiary alicyclic amines) is 1. The lowest BCUT2D eigenvalue weighted by atomic mass is 9.93. The van der Waals surface area contributed by atoms with Crippen molar-refractivity contribution in [3.05, 3.63) is 35.9 Å². The van der Waals surface area contributed by atoms with Crippen molar-refractivity contribution in [1.82, 2.24) is 34.5 Å². The molecule has 154 valence electrons. The van der Waals surface area contributed by atoms with Crippen LogP contribution in [0.4, 0.5) is 0 Å². The van der Waals surface area contributed by atoms with Crippen LogP contribution >= 0.6 is 0 Å². The first-order valence-corrected chi connectivity index (χ1v) is 9.95. The highest BCUT2D eigenvalue weighted by molar-refractivity contribution is 5.91. The van der Waals surface area contributed by atoms with Crippen LogP contribution in [0.5, 0.6) is 5.88 Å². The highest BCUT2D eigenvalue weighted by Gasteiger charge is 2.26. The predicted octanol–water partition coefficient (Wildman–Crippen LogP) is 2.09. The van der Waals surface area contributed by atoms with Crippen LogP contribution in [0.3, 0.4) is 0 Å². The summed E-state index contributed by atoms with van der Waals surface area (Å²) in [4.78, 5) is 18.9. The molecular weight excluding hydrogens is 370 g/mol. The van der Waals surface area contributed by atoms with E-state index in [0.29, 0.717) is 37.2 Å². The SMILES string of the molecule is Cn1cc(C(=O)N2CCC(COc3ccc4nc(C(C)(C)C)cn4n3)CC2)nn1. The van der Waals surface area contributed by atoms with Gasteiger partial charge < -0.3 is 9.64 Å². The molecule has 0 N–H and O–H groups in total. The number of carbonyl (C=O) groups excluding carboxylic acids is 1. The fourth-order valence-electron chi connectivity index (χ4n) is 3.42. The van der Waals surface area contributed by atoms with Gasteiger partial charge in [-0.1, -0.05) is 26.0 Å². The maximum Gasteiger partial charge on any atom is 0.276 e. The van der Waals surface area contributed by atoms with Gasteiger partial charge >= 0.3 is 0 Å². The maximum atomic E-state index is 12.5. The van der Waals surface area contributed by atoms with Gasteiger partial charge in [0.15, 0.2) is 11.3 Å². The van der Waals surface area contributed by atoms with Crippen LogP contribution in [0.15, 0.2) is 24.5 Å². The first-order valence-electron chi connectivity index (χ1n) is 9.95. The van der Waals surface area contributed by atoms with Crippen molar-refractivity contribution in [2.24, 2.45) is 13.0 Å². The fourth-order valence-corrected chi connectivity index (χ4v) is 3.42. The Balaban J connectivity index is 1.31. The van der Waals surface area contributed by atoms with E-state index in [4.69, 9.17) is 4.74 Å². The van der Waals surface area contributed by atoms with E-state index < -0.39 is 0 Å². The molecule has 0 atom stereocenters. The van der Waals surface area contributed by atoms with Gasteiger partial charge in [0, 0.05) is 31.6 Å². The fraction of sp³-hybridized carbons (Fsp3) is 0.550. The van der Waals surface area contributed by atoms with E-state index in [1.165, 1.54) is 0 Å². The van der Waals surface area contributed by atoms with E-state index in [9.17, 15) is 4.79 Å². The number of piperidine rings is 1. The number of rotatable bonds is 4. The number of imidazole rings is 1. The van der Waals surface area contributed by atoms with Gasteiger partial charge in [-0.3, -0.25) is 9.48 Å². The first-order chi connectivity index (χ1) is 13.8. The maximum absolute atomic E-state index is 12.5. The van der Waals surface area contributed by atoms with Crippen LogP contribution < -0.4 is 4.74 Å². The summed E-state index contributed by atoms with van der Waals surface area (Å²) in [6.07, 6.45) is 5.40. The van der Waals surface area contributed by atoms with Gasteiger partial charge in [-0.25, -0.2) is 9.50 Å². The lowest BCUT2D eigenvalue weighted by Gasteiger charge is -2.31. The van der Waals surface area contributed by atoms with E-state index in [-0.39, 0.29) is 11.3 Å². The molecule has 0 aliphatic carbocycles. The molecule has 1 aliphatic heterocycles. The Morgan fingerprint density at radius 2 is 1.97 bits per heavy atom. The van der Waals surface area contributed by atoms with Gasteiger partial charge in [-0.2, -0.15) is 0 Å². The Labute approximate surface area is 169 Å². The van der Waals surface area contributed by atoms with Crippen LogP contribution in [-0.2, 0) is 12.5 Å². The third-order valence-corrected chi connectivity index (χ3v) is 5.25. The molecule has 3 aromatic heterocycles. The molecule has 1 saturated heterocycles. The average Bonchev–Trinajstić information content (AvgIpc) is 3.32. The normalized spacial score (nSPS) is 15.8. The summed E-state index contributed by atoms with van der Waals surface area (Å²) in [5, 5.41) is 12.3. The Hall–Kier alpha value is -2.97. The molecule has 0 spiro atoms. The van der Waals surface area contributed by atoms with Crippen molar-refractivity contribution in [2.75, 3.05) is 19.7 Å². The molecule has 0 bridgehead atoms. The minimum atomic E-state index is -0.0562. The minimum Gasteiger partial charge on any atom is -0.476 e. The molecule has 9 heteroatoms. The molecular formula is C20H27N7O2. The van der Waals surface area contributed by atoms with Gasteiger partial charge in [0.25, 0.3) is 5.91 Å². The zero-order chi connectivity index (χ0) is 20.6. The topological polar surface area (TPSA) is 90.4 Å². The van der Waals surface area contributed by atoms with Gasteiger partial charge in [0.05, 0.1) is 24.7 Å². The summed E-state index contributed by atoms with van der Waals surface area (Å²) in [5.41, 5.74) is 2.20. The van der Waals surface area contributed by atoms with Crippen molar-refractivity contribution in [1.29, 1.82) is 0 Å². The van der Waals surface area contributed by atoms with Crippen molar-refractivity contribution in [2.45, 2.75) is 39.0 Å². The second-order valence-corrected chi connectivity index (χ2v) is 8.67. The second kappa shape index (κ2) is 7.46. The summed E-state index contributed by atoms with van der Waals surface area (Å²) in [7, 11) is 1.76. The summed E-state index contributed by atoms with van der Waals surface area (Å²) < 4.78 is 9.26. The van der Waals surface area contributed by atoms with Crippen molar-refractivity contribution in [3.63, 3.8) is 0 Å². The van der Waals surface area contributed by atoms with Crippen LogP contribution in [0.25, 0.3) is 5.65 Å². The van der Waals surface area contributed by atoms with Crippen molar-refractivity contribution >= 4 is 11.6 Å². The zero-order valence-corrected chi connectivity index (χ0v) is 17.4. The zero-order valence-electron chi connectivity index (χ0n) is 17.4. The molecule has 0 unspecified atom stereocenters. The Bertz CT molecular complexity index is 1010.